The molecule has 3 nitrogen and oxygen atoms in total. The van der Waals surface area contributed by atoms with Gasteiger partial charge in [-0.25, -0.2) is 4.98 Å². The van der Waals surface area contributed by atoms with Gasteiger partial charge in [-0.1, -0.05) is 12.5 Å². The second kappa shape index (κ2) is 4.42. The lowest BCUT2D eigenvalue weighted by atomic mass is 9.63. The first-order valence-electron chi connectivity index (χ1n) is 6.02. The number of anilines is 1. The smallest absolute Gasteiger partial charge is 0.127 e. The van der Waals surface area contributed by atoms with Gasteiger partial charge in [-0.3, -0.25) is 0 Å². The maximum atomic E-state index is 5.71. The molecule has 1 aromatic heterocycles. The van der Waals surface area contributed by atoms with E-state index in [1.54, 1.807) is 0 Å². The molecule has 2 rings (SSSR count). The van der Waals surface area contributed by atoms with E-state index in [4.69, 9.17) is 5.73 Å². The highest BCUT2D eigenvalue weighted by Crippen LogP contribution is 2.46. The summed E-state index contributed by atoms with van der Waals surface area (Å²) in [6.07, 6.45) is 7.00. The minimum absolute atomic E-state index is 0.340. The van der Waals surface area contributed by atoms with Gasteiger partial charge in [0.05, 0.1) is 0 Å². The van der Waals surface area contributed by atoms with E-state index in [0.717, 1.165) is 18.8 Å². The van der Waals surface area contributed by atoms with Crippen LogP contribution in [0.5, 0.6) is 0 Å². The molecule has 0 bridgehead atoms. The van der Waals surface area contributed by atoms with Crippen molar-refractivity contribution in [2.24, 2.45) is 5.73 Å². The van der Waals surface area contributed by atoms with Gasteiger partial charge in [0.2, 0.25) is 0 Å². The summed E-state index contributed by atoms with van der Waals surface area (Å²) in [7, 11) is 4.03. The number of hydrogen-bond acceptors (Lipinski definition) is 3. The molecule has 1 aliphatic rings. The number of nitrogens with two attached hydrogens (primary N) is 1. The lowest BCUT2D eigenvalue weighted by Crippen LogP contribution is -2.36. The van der Waals surface area contributed by atoms with Crippen LogP contribution in [-0.4, -0.2) is 25.6 Å². The summed E-state index contributed by atoms with van der Waals surface area (Å²) >= 11 is 0. The summed E-state index contributed by atoms with van der Waals surface area (Å²) in [5, 5.41) is 0. The summed E-state index contributed by atoms with van der Waals surface area (Å²) in [4.78, 5) is 6.52. The van der Waals surface area contributed by atoms with Crippen molar-refractivity contribution in [2.45, 2.75) is 31.1 Å². The van der Waals surface area contributed by atoms with Gasteiger partial charge in [0.1, 0.15) is 5.82 Å². The molecule has 3 heteroatoms. The Morgan fingerprint density at radius 1 is 1.38 bits per heavy atom. The molecule has 1 fully saturated rings. The zero-order valence-corrected chi connectivity index (χ0v) is 10.2. The fraction of sp³-hybridized carbons (Fsp3) is 0.615. The molecule has 0 radical (unpaired) electrons. The zero-order valence-electron chi connectivity index (χ0n) is 10.2. The Labute approximate surface area is 97.7 Å². The Hall–Kier alpha value is -1.09. The third-order valence-corrected chi connectivity index (χ3v) is 3.75. The Bertz CT molecular complexity index is 339. The maximum Gasteiger partial charge on any atom is 0.127 e. The highest BCUT2D eigenvalue weighted by molar-refractivity contribution is 5.39. The van der Waals surface area contributed by atoms with Crippen LogP contribution in [0.2, 0.25) is 0 Å². The lowest BCUT2D eigenvalue weighted by molar-refractivity contribution is 0.229. The maximum absolute atomic E-state index is 5.71. The number of pyridine rings is 1. The molecule has 0 unspecified atom stereocenters. The predicted octanol–water partition coefficient (Wildman–Crippen LogP) is 1.92. The van der Waals surface area contributed by atoms with Gasteiger partial charge in [0, 0.05) is 20.3 Å². The van der Waals surface area contributed by atoms with E-state index >= 15 is 0 Å². The molecule has 0 aliphatic heterocycles. The van der Waals surface area contributed by atoms with Crippen LogP contribution in [0.15, 0.2) is 18.3 Å². The number of nitrogens with zero attached hydrogens (tertiary/aromatic N) is 2. The summed E-state index contributed by atoms with van der Waals surface area (Å²) in [6, 6.07) is 4.32. The fourth-order valence-electron chi connectivity index (χ4n) is 2.53. The quantitative estimate of drug-likeness (QED) is 0.841. The predicted molar refractivity (Wildman–Crippen MR) is 67.8 cm³/mol. The first-order valence-corrected chi connectivity index (χ1v) is 6.02. The molecule has 16 heavy (non-hydrogen) atoms. The molecule has 1 saturated carbocycles. The second-order valence-electron chi connectivity index (χ2n) is 4.97. The van der Waals surface area contributed by atoms with Crippen LogP contribution in [0.25, 0.3) is 0 Å². The Morgan fingerprint density at radius 3 is 2.50 bits per heavy atom. The molecule has 88 valence electrons. The first-order chi connectivity index (χ1) is 7.68. The van der Waals surface area contributed by atoms with Crippen LogP contribution in [0.3, 0.4) is 0 Å². The molecule has 0 saturated heterocycles. The highest BCUT2D eigenvalue weighted by atomic mass is 15.1. The van der Waals surface area contributed by atoms with E-state index in [-0.39, 0.29) is 0 Å². The molecule has 1 aliphatic carbocycles. The van der Waals surface area contributed by atoms with E-state index in [0.29, 0.717) is 5.41 Å². The minimum Gasteiger partial charge on any atom is -0.363 e. The number of rotatable bonds is 4. The summed E-state index contributed by atoms with van der Waals surface area (Å²) in [6.45, 7) is 0.773. The Kier molecular flexibility index (Phi) is 3.15. The van der Waals surface area contributed by atoms with Crippen molar-refractivity contribution in [3.63, 3.8) is 0 Å². The van der Waals surface area contributed by atoms with Crippen molar-refractivity contribution in [3.8, 4) is 0 Å². The van der Waals surface area contributed by atoms with Crippen molar-refractivity contribution < 1.29 is 0 Å². The van der Waals surface area contributed by atoms with Gasteiger partial charge in [0.15, 0.2) is 0 Å². The van der Waals surface area contributed by atoms with Gasteiger partial charge in [-0.05, 0) is 42.9 Å². The monoisotopic (exact) mass is 219 g/mol. The third-order valence-electron chi connectivity index (χ3n) is 3.75. The van der Waals surface area contributed by atoms with Crippen molar-refractivity contribution in [1.29, 1.82) is 0 Å². The van der Waals surface area contributed by atoms with Crippen molar-refractivity contribution in [3.05, 3.63) is 23.9 Å². The standard InChI is InChI=1S/C13H21N3/c1-16(2)12-5-4-11(10-15-12)13(8-9-14)6-3-7-13/h4-5,10H,3,6-9,14H2,1-2H3. The molecule has 1 aromatic rings. The van der Waals surface area contributed by atoms with Crippen molar-refractivity contribution in [1.82, 2.24) is 4.98 Å². The first kappa shape index (κ1) is 11.4. The van der Waals surface area contributed by atoms with Crippen LogP contribution < -0.4 is 10.6 Å². The summed E-state index contributed by atoms with van der Waals surface area (Å²) in [5.74, 6) is 1.02. The van der Waals surface area contributed by atoms with Crippen molar-refractivity contribution in [2.75, 3.05) is 25.5 Å². The van der Waals surface area contributed by atoms with Gasteiger partial charge >= 0.3 is 0 Å². The summed E-state index contributed by atoms with van der Waals surface area (Å²) < 4.78 is 0. The SMILES string of the molecule is CN(C)c1ccc(C2(CCN)CCC2)cn1. The third kappa shape index (κ3) is 1.92. The molecular formula is C13H21N3. The average molecular weight is 219 g/mol. The van der Waals surface area contributed by atoms with Gasteiger partial charge < -0.3 is 10.6 Å². The topological polar surface area (TPSA) is 42.1 Å². The van der Waals surface area contributed by atoms with E-state index in [2.05, 4.69) is 17.1 Å². The lowest BCUT2D eigenvalue weighted by Gasteiger charge is -2.42. The Balaban J connectivity index is 2.20. The fourth-order valence-corrected chi connectivity index (χ4v) is 2.53. The zero-order chi connectivity index (χ0) is 11.6. The normalized spacial score (nSPS) is 17.9. The highest BCUT2D eigenvalue weighted by Gasteiger charge is 2.37. The van der Waals surface area contributed by atoms with Crippen LogP contribution in [0, 0.1) is 0 Å². The van der Waals surface area contributed by atoms with Gasteiger partial charge in [-0.2, -0.15) is 0 Å². The van der Waals surface area contributed by atoms with Crippen LogP contribution in [0.1, 0.15) is 31.2 Å². The molecule has 2 N–H and O–H groups in total. The number of hydrogen-bond donors (Lipinski definition) is 1. The second-order valence-corrected chi connectivity index (χ2v) is 4.97. The molecule has 0 atom stereocenters. The van der Waals surface area contributed by atoms with Crippen LogP contribution >= 0.6 is 0 Å². The van der Waals surface area contributed by atoms with Crippen LogP contribution in [-0.2, 0) is 5.41 Å². The molecule has 0 amide bonds. The van der Waals surface area contributed by atoms with Crippen molar-refractivity contribution >= 4 is 5.82 Å². The Morgan fingerprint density at radius 2 is 2.12 bits per heavy atom. The summed E-state index contributed by atoms with van der Waals surface area (Å²) in [5.41, 5.74) is 7.42. The van der Waals surface area contributed by atoms with E-state index in [9.17, 15) is 0 Å². The molecule has 1 heterocycles. The van der Waals surface area contributed by atoms with E-state index < -0.39 is 0 Å². The number of aromatic nitrogens is 1. The minimum atomic E-state index is 0.340. The molecule has 0 aromatic carbocycles. The molecule has 0 spiro atoms. The average Bonchev–Trinajstić information content (AvgIpc) is 2.23. The van der Waals surface area contributed by atoms with E-state index in [1.165, 1.54) is 24.8 Å². The molecular weight excluding hydrogens is 198 g/mol. The van der Waals surface area contributed by atoms with Gasteiger partial charge in [-0.15, -0.1) is 0 Å². The van der Waals surface area contributed by atoms with E-state index in [1.807, 2.05) is 25.2 Å². The van der Waals surface area contributed by atoms with Gasteiger partial charge in [0.25, 0.3) is 0 Å². The largest absolute Gasteiger partial charge is 0.363 e. The van der Waals surface area contributed by atoms with Crippen LogP contribution in [0.4, 0.5) is 5.82 Å².